The van der Waals surface area contributed by atoms with Gasteiger partial charge in [-0.1, -0.05) is 5.16 Å². The molecule has 9 heteroatoms. The molecule has 27 heavy (non-hydrogen) atoms. The van der Waals surface area contributed by atoms with E-state index in [-0.39, 0.29) is 29.3 Å². The van der Waals surface area contributed by atoms with E-state index >= 15 is 0 Å². The summed E-state index contributed by atoms with van der Waals surface area (Å²) in [5, 5.41) is 3.65. The van der Waals surface area contributed by atoms with Gasteiger partial charge in [0, 0.05) is 18.0 Å². The lowest BCUT2D eigenvalue weighted by molar-refractivity contribution is -0.137. The van der Waals surface area contributed by atoms with Crippen LogP contribution in [-0.2, 0) is 10.9 Å². The molecule has 0 bridgehead atoms. The van der Waals surface area contributed by atoms with Crippen LogP contribution in [0.25, 0.3) is 0 Å². The topological polar surface area (TPSA) is 72.6 Å². The zero-order chi connectivity index (χ0) is 19.8. The Hall–Kier alpha value is -2.84. The van der Waals surface area contributed by atoms with E-state index in [0.717, 1.165) is 43.1 Å². The second-order valence-corrected chi connectivity index (χ2v) is 6.15. The van der Waals surface area contributed by atoms with E-state index in [9.17, 15) is 22.8 Å². The summed E-state index contributed by atoms with van der Waals surface area (Å²) in [6.45, 7) is 1.59. The van der Waals surface area contributed by atoms with Gasteiger partial charge in [0.15, 0.2) is 11.5 Å². The van der Waals surface area contributed by atoms with Crippen molar-refractivity contribution >= 4 is 17.6 Å². The molecule has 1 aliphatic carbocycles. The molecule has 1 heterocycles. The Labute approximate surface area is 152 Å². The van der Waals surface area contributed by atoms with Gasteiger partial charge in [-0.3, -0.25) is 9.69 Å². The van der Waals surface area contributed by atoms with Crippen LogP contribution in [0.15, 0.2) is 28.9 Å². The normalized spacial score (nSPS) is 14.1. The van der Waals surface area contributed by atoms with E-state index < -0.39 is 23.6 Å². The summed E-state index contributed by atoms with van der Waals surface area (Å²) in [5.74, 6) is -0.0385. The third-order valence-electron chi connectivity index (χ3n) is 4.36. The molecule has 6 nitrogen and oxygen atoms in total. The first-order valence-electron chi connectivity index (χ1n) is 8.33. The average Bonchev–Trinajstić information content (AvgIpc) is 3.37. The van der Waals surface area contributed by atoms with Crippen LogP contribution in [0.2, 0.25) is 0 Å². The fraction of sp³-hybridized carbons (Fsp3) is 0.389. The van der Waals surface area contributed by atoms with Gasteiger partial charge in [0.1, 0.15) is 0 Å². The number of amides is 1. The highest BCUT2D eigenvalue weighted by molar-refractivity contribution is 6.14. The van der Waals surface area contributed by atoms with Crippen LogP contribution in [0.4, 0.5) is 23.7 Å². The Morgan fingerprint density at radius 1 is 1.30 bits per heavy atom. The van der Waals surface area contributed by atoms with Crippen molar-refractivity contribution in [3.05, 3.63) is 46.8 Å². The highest BCUT2D eigenvalue weighted by Gasteiger charge is 2.36. The molecule has 3 rings (SSSR count). The highest BCUT2D eigenvalue weighted by Crippen LogP contribution is 2.42. The summed E-state index contributed by atoms with van der Waals surface area (Å²) in [4.78, 5) is 26.0. The maximum atomic E-state index is 13.2. The van der Waals surface area contributed by atoms with Gasteiger partial charge in [-0.2, -0.15) is 13.2 Å². The second kappa shape index (κ2) is 7.05. The molecule has 0 radical (unpaired) electrons. The fourth-order valence-electron chi connectivity index (χ4n) is 2.84. The molecule has 1 aliphatic rings. The minimum absolute atomic E-state index is 0.0212. The maximum absolute atomic E-state index is 13.2. The standard InChI is InChI=1S/C18H17F3N2O4/c1-3-23(17(25)26-2)14-8-11(18(19,20)21)6-7-12(14)15(24)13-9-22-27-16(13)10-4-5-10/h6-10H,3-5H2,1-2H3. The second-order valence-electron chi connectivity index (χ2n) is 6.15. The van der Waals surface area contributed by atoms with E-state index in [1.807, 2.05) is 0 Å². The molecule has 1 amide bonds. The maximum Gasteiger partial charge on any atom is 0.416 e. The Kier molecular flexibility index (Phi) is 4.95. The lowest BCUT2D eigenvalue weighted by Gasteiger charge is -2.23. The number of ketones is 1. The number of hydrogen-bond acceptors (Lipinski definition) is 5. The largest absolute Gasteiger partial charge is 0.452 e. The van der Waals surface area contributed by atoms with E-state index in [1.54, 1.807) is 6.92 Å². The van der Waals surface area contributed by atoms with E-state index in [1.165, 1.54) is 6.20 Å². The van der Waals surface area contributed by atoms with Crippen molar-refractivity contribution in [1.29, 1.82) is 0 Å². The third kappa shape index (κ3) is 3.67. The van der Waals surface area contributed by atoms with E-state index in [4.69, 9.17) is 4.52 Å². The Morgan fingerprint density at radius 3 is 2.56 bits per heavy atom. The first-order chi connectivity index (χ1) is 12.8. The van der Waals surface area contributed by atoms with Gasteiger partial charge < -0.3 is 9.26 Å². The number of ether oxygens (including phenoxy) is 1. The molecular formula is C18H17F3N2O4. The minimum atomic E-state index is -4.62. The molecule has 0 saturated heterocycles. The van der Waals surface area contributed by atoms with Crippen molar-refractivity contribution < 1.29 is 32.0 Å². The number of hydrogen-bond donors (Lipinski definition) is 0. The molecule has 0 spiro atoms. The van der Waals surface area contributed by atoms with Crippen molar-refractivity contribution in [3.63, 3.8) is 0 Å². The predicted octanol–water partition coefficient (Wildman–Crippen LogP) is 4.39. The fourth-order valence-corrected chi connectivity index (χ4v) is 2.84. The minimum Gasteiger partial charge on any atom is -0.452 e. The predicted molar refractivity (Wildman–Crippen MR) is 88.8 cm³/mol. The van der Waals surface area contributed by atoms with Crippen LogP contribution >= 0.6 is 0 Å². The van der Waals surface area contributed by atoms with Crippen molar-refractivity contribution in [2.24, 2.45) is 0 Å². The van der Waals surface area contributed by atoms with Crippen LogP contribution in [0.3, 0.4) is 0 Å². The van der Waals surface area contributed by atoms with Gasteiger partial charge in [-0.25, -0.2) is 4.79 Å². The lowest BCUT2D eigenvalue weighted by Crippen LogP contribution is -2.32. The van der Waals surface area contributed by atoms with Crippen molar-refractivity contribution in [2.75, 3.05) is 18.6 Å². The van der Waals surface area contributed by atoms with Crippen molar-refractivity contribution in [1.82, 2.24) is 5.16 Å². The first-order valence-corrected chi connectivity index (χ1v) is 8.33. The summed E-state index contributed by atoms with van der Waals surface area (Å²) >= 11 is 0. The molecule has 144 valence electrons. The highest BCUT2D eigenvalue weighted by atomic mass is 19.4. The molecule has 0 atom stereocenters. The van der Waals surface area contributed by atoms with Crippen LogP contribution in [-0.4, -0.2) is 30.7 Å². The Bertz CT molecular complexity index is 872. The van der Waals surface area contributed by atoms with Gasteiger partial charge in [0.25, 0.3) is 0 Å². The SMILES string of the molecule is CCN(C(=O)OC)c1cc(C(F)(F)F)ccc1C(=O)c1cnoc1C1CC1. The molecule has 2 aromatic rings. The number of benzene rings is 1. The quantitative estimate of drug-likeness (QED) is 0.717. The van der Waals surface area contributed by atoms with E-state index in [0.29, 0.717) is 5.76 Å². The molecule has 0 aliphatic heterocycles. The zero-order valence-corrected chi connectivity index (χ0v) is 14.7. The number of alkyl halides is 3. The Morgan fingerprint density at radius 2 is 2.00 bits per heavy atom. The molecular weight excluding hydrogens is 365 g/mol. The molecule has 0 N–H and O–H groups in total. The number of anilines is 1. The molecule has 1 saturated carbocycles. The number of aromatic nitrogens is 1. The number of rotatable bonds is 5. The zero-order valence-electron chi connectivity index (χ0n) is 14.7. The van der Waals surface area contributed by atoms with Gasteiger partial charge in [0.05, 0.1) is 30.1 Å². The Balaban J connectivity index is 2.11. The van der Waals surface area contributed by atoms with Crippen molar-refractivity contribution in [3.8, 4) is 0 Å². The van der Waals surface area contributed by atoms with Gasteiger partial charge in [-0.05, 0) is 38.0 Å². The number of halogens is 3. The van der Waals surface area contributed by atoms with Gasteiger partial charge in [0.2, 0.25) is 0 Å². The number of carbonyl (C=O) groups excluding carboxylic acids is 2. The number of carbonyl (C=O) groups is 2. The van der Waals surface area contributed by atoms with Gasteiger partial charge >= 0.3 is 12.3 Å². The molecule has 1 aromatic carbocycles. The molecule has 1 aromatic heterocycles. The smallest absolute Gasteiger partial charge is 0.416 e. The molecule has 0 unspecified atom stereocenters. The van der Waals surface area contributed by atoms with Crippen LogP contribution in [0.5, 0.6) is 0 Å². The van der Waals surface area contributed by atoms with Crippen molar-refractivity contribution in [2.45, 2.75) is 31.9 Å². The molecule has 1 fully saturated rings. The third-order valence-corrected chi connectivity index (χ3v) is 4.36. The van der Waals surface area contributed by atoms with Crippen LogP contribution < -0.4 is 4.90 Å². The average molecular weight is 382 g/mol. The summed E-state index contributed by atoms with van der Waals surface area (Å²) < 4.78 is 49.3. The number of nitrogens with zero attached hydrogens (tertiary/aromatic N) is 2. The van der Waals surface area contributed by atoms with E-state index in [2.05, 4.69) is 9.89 Å². The summed E-state index contributed by atoms with van der Waals surface area (Å²) in [5.41, 5.74) is -1.00. The van der Waals surface area contributed by atoms with Crippen LogP contribution in [0, 0.1) is 0 Å². The van der Waals surface area contributed by atoms with Gasteiger partial charge in [-0.15, -0.1) is 0 Å². The summed E-state index contributed by atoms with van der Waals surface area (Å²) in [6.07, 6.45) is -2.51. The number of methoxy groups -OCH3 is 1. The summed E-state index contributed by atoms with van der Waals surface area (Å²) in [7, 11) is 1.12. The first kappa shape index (κ1) is 18.9. The van der Waals surface area contributed by atoms with Crippen LogP contribution in [0.1, 0.15) is 52.9 Å². The lowest BCUT2D eigenvalue weighted by atomic mass is 9.98. The monoisotopic (exact) mass is 382 g/mol. The summed E-state index contributed by atoms with van der Waals surface area (Å²) in [6, 6.07) is 2.65.